The van der Waals surface area contributed by atoms with E-state index in [0.717, 1.165) is 6.54 Å². The molecule has 0 spiro atoms. The zero-order valence-electron chi connectivity index (χ0n) is 10.4. The molecule has 2 nitrogen and oxygen atoms in total. The Hall–Kier alpha value is -0.860. The summed E-state index contributed by atoms with van der Waals surface area (Å²) in [5.41, 5.74) is 3.09. The third kappa shape index (κ3) is 2.70. The third-order valence-electron chi connectivity index (χ3n) is 4.12. The highest BCUT2D eigenvalue weighted by molar-refractivity contribution is 5.33. The van der Waals surface area contributed by atoms with Gasteiger partial charge >= 0.3 is 0 Å². The molecule has 1 aliphatic carbocycles. The summed E-state index contributed by atoms with van der Waals surface area (Å²) in [5.74, 6) is 0. The van der Waals surface area contributed by atoms with Gasteiger partial charge in [0.15, 0.2) is 0 Å². The van der Waals surface area contributed by atoms with Crippen LogP contribution in [0.25, 0.3) is 0 Å². The average Bonchev–Trinajstić information content (AvgIpc) is 2.80. The number of hydrogen-bond donors (Lipinski definition) is 2. The predicted molar refractivity (Wildman–Crippen MR) is 71.3 cm³/mol. The van der Waals surface area contributed by atoms with Gasteiger partial charge in [0.2, 0.25) is 0 Å². The van der Waals surface area contributed by atoms with Crippen molar-refractivity contribution in [3.8, 4) is 0 Å². The fourth-order valence-electron chi connectivity index (χ4n) is 3.11. The van der Waals surface area contributed by atoms with Gasteiger partial charge in [-0.3, -0.25) is 0 Å². The van der Waals surface area contributed by atoms with Crippen molar-refractivity contribution in [3.05, 3.63) is 35.4 Å². The summed E-state index contributed by atoms with van der Waals surface area (Å²) in [6, 6.07) is 10.2. The molecule has 2 aliphatic rings. The zero-order chi connectivity index (χ0) is 11.5. The topological polar surface area (TPSA) is 24.1 Å². The van der Waals surface area contributed by atoms with Crippen molar-refractivity contribution < 1.29 is 0 Å². The summed E-state index contributed by atoms with van der Waals surface area (Å²) >= 11 is 0. The first-order chi connectivity index (χ1) is 8.42. The van der Waals surface area contributed by atoms with E-state index >= 15 is 0 Å². The molecule has 3 rings (SSSR count). The molecule has 2 N–H and O–H groups in total. The SMILES string of the molecule is c1ccc2c(c1)CC(NCC1CCCCN1)C2. The molecule has 17 heavy (non-hydrogen) atoms. The van der Waals surface area contributed by atoms with Crippen LogP contribution in [-0.2, 0) is 12.8 Å². The van der Waals surface area contributed by atoms with Gasteiger partial charge < -0.3 is 10.6 Å². The number of benzene rings is 1. The highest BCUT2D eigenvalue weighted by Crippen LogP contribution is 2.21. The van der Waals surface area contributed by atoms with Crippen LogP contribution < -0.4 is 10.6 Å². The van der Waals surface area contributed by atoms with Crippen LogP contribution in [0.4, 0.5) is 0 Å². The molecule has 92 valence electrons. The van der Waals surface area contributed by atoms with Crippen molar-refractivity contribution in [1.29, 1.82) is 0 Å². The molecular weight excluding hydrogens is 208 g/mol. The molecule has 1 heterocycles. The van der Waals surface area contributed by atoms with E-state index in [9.17, 15) is 0 Å². The van der Waals surface area contributed by atoms with Gasteiger partial charge in [-0.1, -0.05) is 30.7 Å². The smallest absolute Gasteiger partial charge is 0.0192 e. The quantitative estimate of drug-likeness (QED) is 0.828. The minimum Gasteiger partial charge on any atom is -0.313 e. The van der Waals surface area contributed by atoms with Crippen molar-refractivity contribution in [1.82, 2.24) is 10.6 Å². The van der Waals surface area contributed by atoms with Crippen LogP contribution in [0.2, 0.25) is 0 Å². The zero-order valence-corrected chi connectivity index (χ0v) is 10.4. The van der Waals surface area contributed by atoms with Gasteiger partial charge in [-0.05, 0) is 43.4 Å². The second-order valence-electron chi connectivity index (χ2n) is 5.43. The Morgan fingerprint density at radius 2 is 1.88 bits per heavy atom. The molecule has 2 heteroatoms. The van der Waals surface area contributed by atoms with Crippen molar-refractivity contribution in [2.75, 3.05) is 13.1 Å². The van der Waals surface area contributed by atoms with E-state index in [1.165, 1.54) is 38.6 Å². The lowest BCUT2D eigenvalue weighted by Crippen LogP contribution is -2.45. The molecule has 0 bridgehead atoms. The Labute approximate surface area is 104 Å². The molecule has 0 aromatic heterocycles. The first-order valence-corrected chi connectivity index (χ1v) is 6.95. The Morgan fingerprint density at radius 3 is 2.53 bits per heavy atom. The maximum atomic E-state index is 3.74. The van der Waals surface area contributed by atoms with E-state index in [1.54, 1.807) is 11.1 Å². The van der Waals surface area contributed by atoms with Crippen LogP contribution in [0.3, 0.4) is 0 Å². The average molecular weight is 230 g/mol. The maximum Gasteiger partial charge on any atom is 0.0192 e. The molecule has 1 atom stereocenters. The number of piperidine rings is 1. The second kappa shape index (κ2) is 5.19. The van der Waals surface area contributed by atoms with Gasteiger partial charge in [0.05, 0.1) is 0 Å². The van der Waals surface area contributed by atoms with Crippen LogP contribution in [0.15, 0.2) is 24.3 Å². The van der Waals surface area contributed by atoms with Crippen molar-refractivity contribution in [2.45, 2.75) is 44.2 Å². The molecule has 1 saturated heterocycles. The molecular formula is C15H22N2. The van der Waals surface area contributed by atoms with Gasteiger partial charge in [0.1, 0.15) is 0 Å². The highest BCUT2D eigenvalue weighted by atomic mass is 15.0. The fraction of sp³-hybridized carbons (Fsp3) is 0.600. The highest BCUT2D eigenvalue weighted by Gasteiger charge is 2.21. The first-order valence-electron chi connectivity index (χ1n) is 6.95. The van der Waals surface area contributed by atoms with Gasteiger partial charge in [-0.15, -0.1) is 0 Å². The Bertz CT molecular complexity index is 344. The van der Waals surface area contributed by atoms with E-state index in [2.05, 4.69) is 34.9 Å². The van der Waals surface area contributed by atoms with Gasteiger partial charge in [0, 0.05) is 18.6 Å². The normalized spacial score (nSPS) is 24.8. The summed E-state index contributed by atoms with van der Waals surface area (Å²) in [5, 5.41) is 7.34. The molecule has 1 aromatic carbocycles. The Balaban J connectivity index is 1.48. The molecule has 1 aliphatic heterocycles. The fourth-order valence-corrected chi connectivity index (χ4v) is 3.11. The third-order valence-corrected chi connectivity index (χ3v) is 4.12. The minimum atomic E-state index is 0.663. The van der Waals surface area contributed by atoms with Crippen molar-refractivity contribution in [3.63, 3.8) is 0 Å². The molecule has 0 saturated carbocycles. The minimum absolute atomic E-state index is 0.663. The van der Waals surface area contributed by atoms with Crippen LogP contribution >= 0.6 is 0 Å². The monoisotopic (exact) mass is 230 g/mol. The molecule has 0 amide bonds. The predicted octanol–water partition coefficient (Wildman–Crippen LogP) is 1.89. The van der Waals surface area contributed by atoms with Crippen molar-refractivity contribution >= 4 is 0 Å². The lowest BCUT2D eigenvalue weighted by Gasteiger charge is -2.25. The Kier molecular flexibility index (Phi) is 3.44. The van der Waals surface area contributed by atoms with Gasteiger partial charge in [-0.25, -0.2) is 0 Å². The number of hydrogen-bond acceptors (Lipinski definition) is 2. The van der Waals surface area contributed by atoms with E-state index < -0.39 is 0 Å². The lowest BCUT2D eigenvalue weighted by molar-refractivity contribution is 0.367. The van der Waals surface area contributed by atoms with Crippen LogP contribution in [-0.4, -0.2) is 25.2 Å². The van der Waals surface area contributed by atoms with Crippen LogP contribution in [0.5, 0.6) is 0 Å². The first kappa shape index (κ1) is 11.2. The molecule has 1 fully saturated rings. The summed E-state index contributed by atoms with van der Waals surface area (Å²) in [6.07, 6.45) is 6.51. The summed E-state index contributed by atoms with van der Waals surface area (Å²) in [6.45, 7) is 2.34. The maximum absolute atomic E-state index is 3.74. The molecule has 1 aromatic rings. The number of rotatable bonds is 3. The van der Waals surface area contributed by atoms with Crippen LogP contribution in [0.1, 0.15) is 30.4 Å². The van der Waals surface area contributed by atoms with E-state index in [1.807, 2.05) is 0 Å². The standard InChI is InChI=1S/C15H22N2/c1-2-6-13-10-15(9-12(13)5-1)17-11-14-7-3-4-8-16-14/h1-2,5-6,14-17H,3-4,7-11H2. The molecule has 0 radical (unpaired) electrons. The largest absolute Gasteiger partial charge is 0.313 e. The second-order valence-corrected chi connectivity index (χ2v) is 5.43. The summed E-state index contributed by atoms with van der Waals surface area (Å²) in [4.78, 5) is 0. The summed E-state index contributed by atoms with van der Waals surface area (Å²) < 4.78 is 0. The Morgan fingerprint density at radius 1 is 1.12 bits per heavy atom. The van der Waals surface area contributed by atoms with Gasteiger partial charge in [0.25, 0.3) is 0 Å². The van der Waals surface area contributed by atoms with Crippen molar-refractivity contribution in [2.24, 2.45) is 0 Å². The van der Waals surface area contributed by atoms with Gasteiger partial charge in [-0.2, -0.15) is 0 Å². The number of fused-ring (bicyclic) bond motifs is 1. The van der Waals surface area contributed by atoms with E-state index in [-0.39, 0.29) is 0 Å². The molecule has 1 unspecified atom stereocenters. The van der Waals surface area contributed by atoms with Crippen LogP contribution in [0, 0.1) is 0 Å². The number of nitrogens with one attached hydrogen (secondary N) is 2. The summed E-state index contributed by atoms with van der Waals surface area (Å²) in [7, 11) is 0. The lowest BCUT2D eigenvalue weighted by atomic mass is 10.0. The van der Waals surface area contributed by atoms with E-state index in [0.29, 0.717) is 12.1 Å². The van der Waals surface area contributed by atoms with E-state index in [4.69, 9.17) is 0 Å².